The van der Waals surface area contributed by atoms with Gasteiger partial charge in [0.2, 0.25) is 0 Å². The molecule has 0 amide bonds. The van der Waals surface area contributed by atoms with Gasteiger partial charge in [0.05, 0.1) is 4.47 Å². The maximum Gasteiger partial charge on any atom is 0.135 e. The summed E-state index contributed by atoms with van der Waals surface area (Å²) in [6.45, 7) is 5.32. The predicted molar refractivity (Wildman–Crippen MR) is 82.1 cm³/mol. The van der Waals surface area contributed by atoms with Crippen molar-refractivity contribution in [1.29, 1.82) is 0 Å². The van der Waals surface area contributed by atoms with Gasteiger partial charge in [-0.2, -0.15) is 0 Å². The average Bonchev–Trinajstić information content (AvgIpc) is 2.87. The van der Waals surface area contributed by atoms with Crippen molar-refractivity contribution in [3.8, 4) is 5.75 Å². The van der Waals surface area contributed by atoms with Gasteiger partial charge in [0, 0.05) is 24.8 Å². The van der Waals surface area contributed by atoms with Crippen LogP contribution in [0.3, 0.4) is 0 Å². The Morgan fingerprint density at radius 3 is 2.89 bits per heavy atom. The molecule has 104 valence electrons. The highest BCUT2D eigenvalue weighted by Gasteiger charge is 2.14. The zero-order valence-electron chi connectivity index (χ0n) is 11.3. The fraction of sp³-hybridized carbons (Fsp3) is 0.600. The molecular weight excluding hydrogens is 304 g/mol. The minimum Gasteiger partial charge on any atom is -0.491 e. The summed E-state index contributed by atoms with van der Waals surface area (Å²) in [5.41, 5.74) is 2.62. The monoisotopic (exact) mass is 324 g/mol. The molecule has 1 N–H and O–H groups in total. The minimum atomic E-state index is 0.775. The number of piperidine rings is 1. The van der Waals surface area contributed by atoms with Crippen LogP contribution in [0.1, 0.15) is 24.8 Å². The number of likely N-dealkylation sites (tertiary alicyclic amines) is 1. The van der Waals surface area contributed by atoms with E-state index in [1.165, 1.54) is 43.6 Å². The van der Waals surface area contributed by atoms with Crippen molar-refractivity contribution in [1.82, 2.24) is 4.90 Å². The minimum absolute atomic E-state index is 0.775. The van der Waals surface area contributed by atoms with Gasteiger partial charge in [-0.15, -0.1) is 0 Å². The summed E-state index contributed by atoms with van der Waals surface area (Å²) in [5.74, 6) is 0.963. The quantitative estimate of drug-likeness (QED) is 0.919. The molecule has 0 saturated carbocycles. The summed E-state index contributed by atoms with van der Waals surface area (Å²) in [6, 6.07) is 4.31. The largest absolute Gasteiger partial charge is 0.491 e. The number of halogens is 1. The van der Waals surface area contributed by atoms with Gasteiger partial charge in [-0.1, -0.05) is 6.42 Å². The van der Waals surface area contributed by atoms with Gasteiger partial charge in [-0.25, -0.2) is 0 Å². The van der Waals surface area contributed by atoms with E-state index in [1.54, 1.807) is 0 Å². The SMILES string of the molecule is Brc1cc2c(cc1OCCN1CCCCC1)NCC2. The first kappa shape index (κ1) is 13.3. The van der Waals surface area contributed by atoms with Crippen molar-refractivity contribution < 1.29 is 4.74 Å². The molecule has 1 aromatic carbocycles. The summed E-state index contributed by atoms with van der Waals surface area (Å²) in [6.07, 6.45) is 5.18. The maximum absolute atomic E-state index is 5.94. The molecule has 0 atom stereocenters. The van der Waals surface area contributed by atoms with E-state index in [4.69, 9.17) is 4.74 Å². The summed E-state index contributed by atoms with van der Waals surface area (Å²) in [4.78, 5) is 2.50. The number of rotatable bonds is 4. The van der Waals surface area contributed by atoms with Crippen LogP contribution in [0.4, 0.5) is 5.69 Å². The van der Waals surface area contributed by atoms with E-state index in [0.717, 1.165) is 36.3 Å². The molecule has 4 heteroatoms. The molecule has 0 unspecified atom stereocenters. The van der Waals surface area contributed by atoms with Crippen LogP contribution in [0.15, 0.2) is 16.6 Å². The molecule has 0 spiro atoms. The van der Waals surface area contributed by atoms with Crippen LogP contribution in [-0.2, 0) is 6.42 Å². The molecule has 19 heavy (non-hydrogen) atoms. The number of ether oxygens (including phenoxy) is 1. The standard InChI is InChI=1S/C15H21BrN2O/c16-13-10-12-4-5-17-14(12)11-15(13)19-9-8-18-6-2-1-3-7-18/h10-11,17H,1-9H2. The number of anilines is 1. The van der Waals surface area contributed by atoms with Crippen molar-refractivity contribution in [2.24, 2.45) is 0 Å². The zero-order chi connectivity index (χ0) is 13.1. The topological polar surface area (TPSA) is 24.5 Å². The van der Waals surface area contributed by atoms with Crippen molar-refractivity contribution in [2.45, 2.75) is 25.7 Å². The Kier molecular flexibility index (Phi) is 4.28. The van der Waals surface area contributed by atoms with Crippen LogP contribution >= 0.6 is 15.9 Å². The lowest BCUT2D eigenvalue weighted by Gasteiger charge is -2.26. The lowest BCUT2D eigenvalue weighted by atomic mass is 10.1. The molecule has 0 radical (unpaired) electrons. The van der Waals surface area contributed by atoms with E-state index < -0.39 is 0 Å². The number of nitrogens with zero attached hydrogens (tertiary/aromatic N) is 1. The number of nitrogens with one attached hydrogen (secondary N) is 1. The highest BCUT2D eigenvalue weighted by atomic mass is 79.9. The fourth-order valence-electron chi connectivity index (χ4n) is 2.88. The van der Waals surface area contributed by atoms with Gasteiger partial charge in [0.15, 0.2) is 0 Å². The molecule has 1 aromatic rings. The highest BCUT2D eigenvalue weighted by Crippen LogP contribution is 2.34. The number of hydrogen-bond acceptors (Lipinski definition) is 3. The Balaban J connectivity index is 1.54. The first-order valence-corrected chi connectivity index (χ1v) is 8.04. The number of fused-ring (bicyclic) bond motifs is 1. The Morgan fingerprint density at radius 2 is 2.05 bits per heavy atom. The van der Waals surface area contributed by atoms with Crippen LogP contribution in [0.5, 0.6) is 5.75 Å². The second-order valence-corrected chi connectivity index (χ2v) is 6.22. The van der Waals surface area contributed by atoms with Crippen LogP contribution < -0.4 is 10.1 Å². The first-order valence-electron chi connectivity index (χ1n) is 7.24. The van der Waals surface area contributed by atoms with Crippen LogP contribution in [0.25, 0.3) is 0 Å². The van der Waals surface area contributed by atoms with Crippen LogP contribution in [0, 0.1) is 0 Å². The molecule has 3 nitrogen and oxygen atoms in total. The molecule has 2 heterocycles. The van der Waals surface area contributed by atoms with Crippen molar-refractivity contribution in [2.75, 3.05) is 38.1 Å². The van der Waals surface area contributed by atoms with Crippen LogP contribution in [0.2, 0.25) is 0 Å². The lowest BCUT2D eigenvalue weighted by molar-refractivity contribution is 0.183. The molecule has 0 aromatic heterocycles. The summed E-state index contributed by atoms with van der Waals surface area (Å²) >= 11 is 3.61. The third kappa shape index (κ3) is 3.23. The molecule has 0 aliphatic carbocycles. The normalized spacial score (nSPS) is 19.0. The lowest BCUT2D eigenvalue weighted by Crippen LogP contribution is -2.33. The smallest absolute Gasteiger partial charge is 0.135 e. The van der Waals surface area contributed by atoms with Gasteiger partial charge < -0.3 is 10.1 Å². The van der Waals surface area contributed by atoms with E-state index in [2.05, 4.69) is 38.3 Å². The van der Waals surface area contributed by atoms with E-state index in [1.807, 2.05) is 0 Å². The van der Waals surface area contributed by atoms with E-state index in [-0.39, 0.29) is 0 Å². The Labute approximate surface area is 123 Å². The van der Waals surface area contributed by atoms with Gasteiger partial charge in [0.1, 0.15) is 12.4 Å². The fourth-order valence-corrected chi connectivity index (χ4v) is 3.38. The van der Waals surface area contributed by atoms with Gasteiger partial charge in [-0.3, -0.25) is 4.90 Å². The third-order valence-electron chi connectivity index (χ3n) is 3.98. The van der Waals surface area contributed by atoms with Crippen molar-refractivity contribution >= 4 is 21.6 Å². The highest BCUT2D eigenvalue weighted by molar-refractivity contribution is 9.10. The molecular formula is C15H21BrN2O. The molecule has 2 aliphatic heterocycles. The molecule has 0 bridgehead atoms. The summed E-state index contributed by atoms with van der Waals surface area (Å²) < 4.78 is 7.01. The molecule has 3 rings (SSSR count). The second kappa shape index (κ2) is 6.14. The molecule has 1 fully saturated rings. The second-order valence-electron chi connectivity index (χ2n) is 5.37. The number of hydrogen-bond donors (Lipinski definition) is 1. The van der Waals surface area contributed by atoms with Gasteiger partial charge >= 0.3 is 0 Å². The first-order chi connectivity index (χ1) is 9.33. The van der Waals surface area contributed by atoms with E-state index in [9.17, 15) is 0 Å². The van der Waals surface area contributed by atoms with E-state index in [0.29, 0.717) is 0 Å². The summed E-state index contributed by atoms with van der Waals surface area (Å²) in [7, 11) is 0. The third-order valence-corrected chi connectivity index (χ3v) is 4.60. The van der Waals surface area contributed by atoms with Crippen molar-refractivity contribution in [3.63, 3.8) is 0 Å². The van der Waals surface area contributed by atoms with Gasteiger partial charge in [-0.05, 0) is 59.9 Å². The van der Waals surface area contributed by atoms with Crippen LogP contribution in [-0.4, -0.2) is 37.7 Å². The molecule has 1 saturated heterocycles. The van der Waals surface area contributed by atoms with Gasteiger partial charge in [0.25, 0.3) is 0 Å². The average molecular weight is 325 g/mol. The summed E-state index contributed by atoms with van der Waals surface area (Å²) in [5, 5.41) is 3.40. The molecule has 2 aliphatic rings. The Hall–Kier alpha value is -0.740. The Bertz CT molecular complexity index is 444. The number of benzene rings is 1. The maximum atomic E-state index is 5.94. The Morgan fingerprint density at radius 1 is 1.21 bits per heavy atom. The zero-order valence-corrected chi connectivity index (χ0v) is 12.8. The van der Waals surface area contributed by atoms with Crippen molar-refractivity contribution in [3.05, 3.63) is 22.2 Å². The van der Waals surface area contributed by atoms with E-state index >= 15 is 0 Å². The predicted octanol–water partition coefficient (Wildman–Crippen LogP) is 3.28.